The number of amides is 1. The van der Waals surface area contributed by atoms with Crippen molar-refractivity contribution in [2.75, 3.05) is 0 Å². The van der Waals surface area contributed by atoms with Crippen LogP contribution in [0.1, 0.15) is 23.8 Å². The van der Waals surface area contributed by atoms with Crippen LogP contribution in [-0.2, 0) is 24.3 Å². The first-order chi connectivity index (χ1) is 12.1. The average Bonchev–Trinajstić information content (AvgIpc) is 3.05. The Morgan fingerprint density at radius 1 is 1.36 bits per heavy atom. The van der Waals surface area contributed by atoms with E-state index in [1.807, 2.05) is 31.2 Å². The molecule has 130 valence electrons. The Hall–Kier alpha value is -2.18. The maximum absolute atomic E-state index is 12.5. The van der Waals surface area contributed by atoms with Gasteiger partial charge in [0.25, 0.3) is 5.56 Å². The van der Waals surface area contributed by atoms with Gasteiger partial charge in [0, 0.05) is 29.4 Å². The van der Waals surface area contributed by atoms with Crippen LogP contribution in [0, 0.1) is 0 Å². The Morgan fingerprint density at radius 2 is 2.16 bits per heavy atom. The van der Waals surface area contributed by atoms with Crippen molar-refractivity contribution in [3.63, 3.8) is 0 Å². The molecule has 1 amide bonds. The molecule has 0 atom stereocenters. The minimum Gasteiger partial charge on any atom is -0.352 e. The predicted molar refractivity (Wildman–Crippen MR) is 101 cm³/mol. The smallest absolute Gasteiger partial charge is 0.262 e. The minimum atomic E-state index is -0.133. The Morgan fingerprint density at radius 3 is 2.92 bits per heavy atom. The number of benzene rings is 1. The van der Waals surface area contributed by atoms with Crippen molar-refractivity contribution in [2.45, 2.75) is 32.9 Å². The van der Waals surface area contributed by atoms with Gasteiger partial charge in [-0.1, -0.05) is 36.7 Å². The lowest BCUT2D eigenvalue weighted by atomic mass is 10.2. The highest BCUT2D eigenvalue weighted by atomic mass is 35.5. The van der Waals surface area contributed by atoms with Crippen molar-refractivity contribution in [1.29, 1.82) is 0 Å². The van der Waals surface area contributed by atoms with E-state index < -0.39 is 0 Å². The van der Waals surface area contributed by atoms with Crippen LogP contribution in [0.5, 0.6) is 0 Å². The molecule has 0 radical (unpaired) electrons. The third kappa shape index (κ3) is 4.08. The fraction of sp³-hybridized carbons (Fsp3) is 0.278. The fourth-order valence-corrected chi connectivity index (χ4v) is 3.62. The summed E-state index contributed by atoms with van der Waals surface area (Å²) >= 11 is 7.60. The van der Waals surface area contributed by atoms with Crippen LogP contribution in [0.3, 0.4) is 0 Å². The van der Waals surface area contributed by atoms with Crippen molar-refractivity contribution in [2.24, 2.45) is 0 Å². The van der Waals surface area contributed by atoms with Crippen LogP contribution in [-0.4, -0.2) is 15.5 Å². The number of thiophene rings is 1. The van der Waals surface area contributed by atoms with Gasteiger partial charge in [0.2, 0.25) is 5.91 Å². The van der Waals surface area contributed by atoms with E-state index in [1.54, 1.807) is 6.07 Å². The summed E-state index contributed by atoms with van der Waals surface area (Å²) in [6.07, 6.45) is 2.61. The van der Waals surface area contributed by atoms with Crippen molar-refractivity contribution >= 4 is 39.1 Å². The number of fused-ring (bicyclic) bond motifs is 1. The van der Waals surface area contributed by atoms with Crippen LogP contribution in [0.2, 0.25) is 5.02 Å². The van der Waals surface area contributed by atoms with E-state index in [-0.39, 0.29) is 17.9 Å². The molecule has 0 unspecified atom stereocenters. The molecule has 2 aromatic heterocycles. The lowest BCUT2D eigenvalue weighted by molar-refractivity contribution is -0.121. The monoisotopic (exact) mass is 375 g/mol. The minimum absolute atomic E-state index is 0.0974. The quantitative estimate of drug-likeness (QED) is 0.718. The van der Waals surface area contributed by atoms with Gasteiger partial charge in [-0.3, -0.25) is 14.2 Å². The van der Waals surface area contributed by atoms with Crippen molar-refractivity contribution in [3.8, 4) is 0 Å². The molecular weight excluding hydrogens is 358 g/mol. The molecule has 2 heterocycles. The maximum atomic E-state index is 12.5. The second-order valence-electron chi connectivity index (χ2n) is 5.65. The number of carbonyl (C=O) groups is 1. The zero-order valence-electron chi connectivity index (χ0n) is 13.8. The Bertz CT molecular complexity index is 964. The summed E-state index contributed by atoms with van der Waals surface area (Å²) in [5, 5.41) is 4.07. The van der Waals surface area contributed by atoms with Crippen molar-refractivity contribution < 1.29 is 4.79 Å². The van der Waals surface area contributed by atoms with Crippen LogP contribution >= 0.6 is 22.9 Å². The van der Waals surface area contributed by atoms with Gasteiger partial charge in [-0.05, 0) is 24.1 Å². The van der Waals surface area contributed by atoms with Gasteiger partial charge < -0.3 is 5.32 Å². The van der Waals surface area contributed by atoms with Gasteiger partial charge in [0.1, 0.15) is 4.83 Å². The fourth-order valence-electron chi connectivity index (χ4n) is 2.49. The summed E-state index contributed by atoms with van der Waals surface area (Å²) in [4.78, 5) is 30.7. The van der Waals surface area contributed by atoms with Gasteiger partial charge in [0.05, 0.1) is 11.7 Å². The molecule has 0 fully saturated rings. The third-order valence-corrected chi connectivity index (χ3v) is 5.49. The normalized spacial score (nSPS) is 11.0. The van der Waals surface area contributed by atoms with E-state index in [9.17, 15) is 9.59 Å². The first kappa shape index (κ1) is 17.6. The largest absolute Gasteiger partial charge is 0.352 e. The molecule has 0 aliphatic heterocycles. The average molecular weight is 376 g/mol. The molecule has 25 heavy (non-hydrogen) atoms. The Kier molecular flexibility index (Phi) is 5.50. The second-order valence-corrected chi connectivity index (χ2v) is 7.17. The summed E-state index contributed by atoms with van der Waals surface area (Å²) in [6, 6.07) is 9.27. The molecule has 5 nitrogen and oxygen atoms in total. The molecule has 1 N–H and O–H groups in total. The number of hydrogen-bond acceptors (Lipinski definition) is 4. The summed E-state index contributed by atoms with van der Waals surface area (Å²) in [6.45, 7) is 2.72. The standard InChI is InChI=1S/C18H18ClN3O2S/c1-2-13-9-14-17(25-13)21-11-22(18(14)24)8-7-16(23)20-10-12-5-3-4-6-15(12)19/h3-6,9,11H,2,7-8,10H2,1H3,(H,20,23). The second kappa shape index (κ2) is 7.80. The number of nitrogens with one attached hydrogen (secondary N) is 1. The highest BCUT2D eigenvalue weighted by molar-refractivity contribution is 7.18. The van der Waals surface area contributed by atoms with Gasteiger partial charge in [-0.15, -0.1) is 11.3 Å². The van der Waals surface area contributed by atoms with E-state index >= 15 is 0 Å². The van der Waals surface area contributed by atoms with Gasteiger partial charge >= 0.3 is 0 Å². The van der Waals surface area contributed by atoms with E-state index in [0.29, 0.717) is 23.5 Å². The van der Waals surface area contributed by atoms with Crippen LogP contribution in [0.25, 0.3) is 10.2 Å². The van der Waals surface area contributed by atoms with Gasteiger partial charge in [0.15, 0.2) is 0 Å². The molecule has 0 bridgehead atoms. The summed E-state index contributed by atoms with van der Waals surface area (Å²) in [5.41, 5.74) is 0.767. The highest BCUT2D eigenvalue weighted by Crippen LogP contribution is 2.21. The number of rotatable bonds is 6. The van der Waals surface area contributed by atoms with E-state index in [0.717, 1.165) is 21.7 Å². The van der Waals surface area contributed by atoms with Crippen LogP contribution < -0.4 is 10.9 Å². The molecule has 3 aromatic rings. The van der Waals surface area contributed by atoms with Crippen LogP contribution in [0.15, 0.2) is 41.5 Å². The SMILES string of the molecule is CCc1cc2c(=O)n(CCC(=O)NCc3ccccc3Cl)cnc2s1. The zero-order valence-corrected chi connectivity index (χ0v) is 15.4. The van der Waals surface area contributed by atoms with Gasteiger partial charge in [-0.2, -0.15) is 0 Å². The highest BCUT2D eigenvalue weighted by Gasteiger charge is 2.10. The number of carbonyl (C=O) groups excluding carboxylic acids is 1. The lowest BCUT2D eigenvalue weighted by Crippen LogP contribution is -2.27. The van der Waals surface area contributed by atoms with E-state index in [4.69, 9.17) is 11.6 Å². The molecule has 1 aromatic carbocycles. The lowest BCUT2D eigenvalue weighted by Gasteiger charge is -2.08. The predicted octanol–water partition coefficient (Wildman–Crippen LogP) is 3.38. The van der Waals surface area contributed by atoms with Crippen LogP contribution in [0.4, 0.5) is 0 Å². The van der Waals surface area contributed by atoms with Gasteiger partial charge in [-0.25, -0.2) is 4.98 Å². The summed E-state index contributed by atoms with van der Waals surface area (Å²) in [7, 11) is 0. The van der Waals surface area contributed by atoms with Crippen molar-refractivity contribution in [3.05, 3.63) is 62.5 Å². The molecule has 0 saturated heterocycles. The molecular formula is C18H18ClN3O2S. The first-order valence-corrected chi connectivity index (χ1v) is 9.26. The first-order valence-electron chi connectivity index (χ1n) is 8.06. The molecule has 3 rings (SSSR count). The number of hydrogen-bond donors (Lipinski definition) is 1. The third-order valence-electron chi connectivity index (χ3n) is 3.93. The summed E-state index contributed by atoms with van der Waals surface area (Å²) < 4.78 is 1.49. The Labute approximate surface area is 154 Å². The molecule has 0 spiro atoms. The molecule has 0 saturated carbocycles. The Balaban J connectivity index is 1.62. The number of aryl methyl sites for hydroxylation is 2. The zero-order chi connectivity index (χ0) is 17.8. The molecule has 7 heteroatoms. The maximum Gasteiger partial charge on any atom is 0.262 e. The van der Waals surface area contributed by atoms with E-state index in [2.05, 4.69) is 10.3 Å². The van der Waals surface area contributed by atoms with Crippen molar-refractivity contribution in [1.82, 2.24) is 14.9 Å². The number of aromatic nitrogens is 2. The topological polar surface area (TPSA) is 64.0 Å². The van der Waals surface area contributed by atoms with E-state index in [1.165, 1.54) is 22.2 Å². The number of halogens is 1. The number of nitrogens with zero attached hydrogens (tertiary/aromatic N) is 2. The summed E-state index contributed by atoms with van der Waals surface area (Å²) in [5.74, 6) is -0.133. The molecule has 0 aliphatic rings. The molecule has 0 aliphatic carbocycles.